The second kappa shape index (κ2) is 14.8. The third-order valence-corrected chi connectivity index (χ3v) is 3.92. The van der Waals surface area contributed by atoms with Crippen molar-refractivity contribution in [2.75, 3.05) is 0 Å². The van der Waals surface area contributed by atoms with Gasteiger partial charge in [0.05, 0.1) is 0 Å². The van der Waals surface area contributed by atoms with Crippen molar-refractivity contribution in [1.82, 2.24) is 0 Å². The highest BCUT2D eigenvalue weighted by Gasteiger charge is 1.94. The van der Waals surface area contributed by atoms with E-state index in [-0.39, 0.29) is 0 Å². The number of allylic oxidation sites excluding steroid dienone is 2. The van der Waals surface area contributed by atoms with E-state index in [0.29, 0.717) is 0 Å². The third kappa shape index (κ3) is 13.8. The highest BCUT2D eigenvalue weighted by Crippen LogP contribution is 2.13. The molecule has 0 aliphatic carbocycles. The van der Waals surface area contributed by atoms with Gasteiger partial charge in [0.15, 0.2) is 0 Å². The van der Waals surface area contributed by atoms with E-state index in [2.05, 4.69) is 26.8 Å². The van der Waals surface area contributed by atoms with Crippen LogP contribution in [0.15, 0.2) is 11.6 Å². The molecule has 0 bridgehead atoms. The second-order valence-corrected chi connectivity index (χ2v) is 5.77. The summed E-state index contributed by atoms with van der Waals surface area (Å²) in [4.78, 5) is 0. The van der Waals surface area contributed by atoms with Crippen LogP contribution in [0.3, 0.4) is 0 Å². The van der Waals surface area contributed by atoms with Crippen LogP contribution in [0.4, 0.5) is 0 Å². The Balaban J connectivity index is 2.99. The lowest BCUT2D eigenvalue weighted by Crippen LogP contribution is -1.83. The van der Waals surface area contributed by atoms with Crippen molar-refractivity contribution in [2.45, 2.75) is 104 Å². The molecule has 0 aliphatic heterocycles. The molecule has 0 aromatic carbocycles. The molecule has 0 rings (SSSR count). The molecule has 108 valence electrons. The maximum Gasteiger partial charge on any atom is -0.0323 e. The predicted octanol–water partition coefficient (Wildman–Crippen LogP) is 7.04. The lowest BCUT2D eigenvalue weighted by molar-refractivity contribution is 0.544. The zero-order chi connectivity index (χ0) is 13.5. The van der Waals surface area contributed by atoms with E-state index in [9.17, 15) is 0 Å². The first-order valence-electron chi connectivity index (χ1n) is 8.43. The monoisotopic (exact) mass is 252 g/mol. The summed E-state index contributed by atoms with van der Waals surface area (Å²) in [5, 5.41) is 0. The smallest absolute Gasteiger partial charge is 0.0323 e. The SMILES string of the molecule is C/C=C(/C)CCCCCCCCCCCCCC. The highest BCUT2D eigenvalue weighted by atomic mass is 14.0. The molecule has 0 unspecified atom stereocenters. The average Bonchev–Trinajstić information content (AvgIpc) is 2.39. The van der Waals surface area contributed by atoms with Crippen molar-refractivity contribution in [3.8, 4) is 0 Å². The summed E-state index contributed by atoms with van der Waals surface area (Å²) >= 11 is 0. The van der Waals surface area contributed by atoms with Crippen molar-refractivity contribution in [2.24, 2.45) is 0 Å². The van der Waals surface area contributed by atoms with E-state index in [1.807, 2.05) is 0 Å². The van der Waals surface area contributed by atoms with Gasteiger partial charge in [-0.2, -0.15) is 0 Å². The van der Waals surface area contributed by atoms with Crippen LogP contribution in [-0.4, -0.2) is 0 Å². The van der Waals surface area contributed by atoms with Gasteiger partial charge in [-0.1, -0.05) is 89.2 Å². The molecule has 0 nitrogen and oxygen atoms in total. The van der Waals surface area contributed by atoms with Crippen LogP contribution in [0.2, 0.25) is 0 Å². The van der Waals surface area contributed by atoms with Gasteiger partial charge in [-0.15, -0.1) is 0 Å². The summed E-state index contributed by atoms with van der Waals surface area (Å²) in [7, 11) is 0. The van der Waals surface area contributed by atoms with Crippen LogP contribution in [0.1, 0.15) is 104 Å². The number of unbranched alkanes of at least 4 members (excludes halogenated alkanes) is 11. The van der Waals surface area contributed by atoms with Gasteiger partial charge in [-0.25, -0.2) is 0 Å². The van der Waals surface area contributed by atoms with Crippen molar-refractivity contribution < 1.29 is 0 Å². The maximum absolute atomic E-state index is 2.29. The van der Waals surface area contributed by atoms with E-state index in [0.717, 1.165) is 0 Å². The minimum absolute atomic E-state index is 1.31. The van der Waals surface area contributed by atoms with Gasteiger partial charge in [0, 0.05) is 0 Å². The molecule has 0 aromatic rings. The first-order valence-corrected chi connectivity index (χ1v) is 8.43. The lowest BCUT2D eigenvalue weighted by atomic mass is 10.0. The van der Waals surface area contributed by atoms with E-state index in [1.54, 1.807) is 5.57 Å². The molecule has 0 saturated heterocycles. The minimum Gasteiger partial charge on any atom is -0.0887 e. The van der Waals surface area contributed by atoms with E-state index in [1.165, 1.54) is 83.5 Å². The molecule has 0 atom stereocenters. The van der Waals surface area contributed by atoms with Crippen LogP contribution in [0.25, 0.3) is 0 Å². The fraction of sp³-hybridized carbons (Fsp3) is 0.889. The van der Waals surface area contributed by atoms with Crippen molar-refractivity contribution in [3.05, 3.63) is 11.6 Å². The molecule has 0 N–H and O–H groups in total. The van der Waals surface area contributed by atoms with E-state index < -0.39 is 0 Å². The lowest BCUT2D eigenvalue weighted by Gasteiger charge is -2.03. The van der Waals surface area contributed by atoms with Crippen molar-refractivity contribution in [1.29, 1.82) is 0 Å². The molecule has 0 aromatic heterocycles. The number of hydrogen-bond donors (Lipinski definition) is 0. The van der Waals surface area contributed by atoms with Crippen LogP contribution in [-0.2, 0) is 0 Å². The maximum atomic E-state index is 2.29. The fourth-order valence-electron chi connectivity index (χ4n) is 2.39. The van der Waals surface area contributed by atoms with Gasteiger partial charge < -0.3 is 0 Å². The summed E-state index contributed by atoms with van der Waals surface area (Å²) in [6.07, 6.45) is 20.9. The second-order valence-electron chi connectivity index (χ2n) is 5.77. The molecule has 0 heteroatoms. The molecule has 0 radical (unpaired) electrons. The van der Waals surface area contributed by atoms with Crippen molar-refractivity contribution >= 4 is 0 Å². The van der Waals surface area contributed by atoms with E-state index in [4.69, 9.17) is 0 Å². The van der Waals surface area contributed by atoms with Gasteiger partial charge in [0.25, 0.3) is 0 Å². The summed E-state index contributed by atoms with van der Waals surface area (Å²) in [5.74, 6) is 0. The quantitative estimate of drug-likeness (QED) is 0.243. The Morgan fingerprint density at radius 3 is 1.44 bits per heavy atom. The zero-order valence-corrected chi connectivity index (χ0v) is 13.3. The highest BCUT2D eigenvalue weighted by molar-refractivity contribution is 4.94. The number of rotatable bonds is 13. The first kappa shape index (κ1) is 17.7. The Morgan fingerprint density at radius 1 is 0.667 bits per heavy atom. The molecular formula is C18H36. The van der Waals surface area contributed by atoms with Gasteiger partial charge in [-0.3, -0.25) is 0 Å². The van der Waals surface area contributed by atoms with E-state index >= 15 is 0 Å². The first-order chi connectivity index (χ1) is 8.81. The molecule has 0 spiro atoms. The molecule has 0 fully saturated rings. The predicted molar refractivity (Wildman–Crippen MR) is 85.1 cm³/mol. The summed E-state index contributed by atoms with van der Waals surface area (Å²) < 4.78 is 0. The zero-order valence-electron chi connectivity index (χ0n) is 13.3. The van der Waals surface area contributed by atoms with Crippen LogP contribution >= 0.6 is 0 Å². The molecular weight excluding hydrogens is 216 g/mol. The number of hydrogen-bond acceptors (Lipinski definition) is 0. The molecule has 18 heavy (non-hydrogen) atoms. The summed E-state index contributed by atoms with van der Waals surface area (Å²) in [5.41, 5.74) is 1.56. The topological polar surface area (TPSA) is 0 Å². The minimum atomic E-state index is 1.31. The Hall–Kier alpha value is -0.260. The standard InChI is InChI=1S/C18H36/c1-4-6-7-8-9-10-11-12-13-14-15-16-17-18(3)5-2/h5H,4,6-17H2,1-3H3/b18-5-. The van der Waals surface area contributed by atoms with Gasteiger partial charge in [0.1, 0.15) is 0 Å². The molecule has 0 heterocycles. The molecule has 0 amide bonds. The molecule has 0 saturated carbocycles. The van der Waals surface area contributed by atoms with Crippen LogP contribution in [0, 0.1) is 0 Å². The normalized spacial score (nSPS) is 12.1. The van der Waals surface area contributed by atoms with Gasteiger partial charge >= 0.3 is 0 Å². The van der Waals surface area contributed by atoms with Crippen molar-refractivity contribution in [3.63, 3.8) is 0 Å². The average molecular weight is 252 g/mol. The largest absolute Gasteiger partial charge is 0.0887 e. The fourth-order valence-corrected chi connectivity index (χ4v) is 2.39. The Morgan fingerprint density at radius 2 is 1.06 bits per heavy atom. The Bertz CT molecular complexity index is 178. The summed E-state index contributed by atoms with van der Waals surface area (Å²) in [6, 6.07) is 0. The van der Waals surface area contributed by atoms with Gasteiger partial charge in [-0.05, 0) is 26.7 Å². The van der Waals surface area contributed by atoms with Gasteiger partial charge in [0.2, 0.25) is 0 Å². The summed E-state index contributed by atoms with van der Waals surface area (Å²) in [6.45, 7) is 6.69. The van der Waals surface area contributed by atoms with Crippen LogP contribution in [0.5, 0.6) is 0 Å². The molecule has 0 aliphatic rings. The third-order valence-electron chi connectivity index (χ3n) is 3.92. The van der Waals surface area contributed by atoms with Crippen LogP contribution < -0.4 is 0 Å². The Labute approximate surface area is 116 Å². The Kier molecular flexibility index (Phi) is 14.6.